The van der Waals surface area contributed by atoms with Gasteiger partial charge in [-0.15, -0.1) is 10.2 Å². The van der Waals surface area contributed by atoms with Gasteiger partial charge >= 0.3 is 0 Å². The van der Waals surface area contributed by atoms with Crippen molar-refractivity contribution in [1.29, 1.82) is 0 Å². The maximum atomic E-state index is 6.17. The van der Waals surface area contributed by atoms with Crippen LogP contribution in [0.25, 0.3) is 10.8 Å². The highest BCUT2D eigenvalue weighted by Crippen LogP contribution is 2.37. The highest BCUT2D eigenvalue weighted by molar-refractivity contribution is 5.90. The van der Waals surface area contributed by atoms with E-state index in [-0.39, 0.29) is 0 Å². The molecule has 130 valence electrons. The summed E-state index contributed by atoms with van der Waals surface area (Å²) in [6.45, 7) is 2.96. The molecule has 1 aliphatic rings. The lowest BCUT2D eigenvalue weighted by molar-refractivity contribution is 0.263. The van der Waals surface area contributed by atoms with Gasteiger partial charge in [0.15, 0.2) is 17.3 Å². The quantitative estimate of drug-likeness (QED) is 0.676. The summed E-state index contributed by atoms with van der Waals surface area (Å²) in [6, 6.07) is 12.2. The second-order valence-corrected chi connectivity index (χ2v) is 6.50. The van der Waals surface area contributed by atoms with Crippen LogP contribution in [0.5, 0.6) is 11.5 Å². The first-order chi connectivity index (χ1) is 12.3. The summed E-state index contributed by atoms with van der Waals surface area (Å²) < 4.78 is 14.0. The number of hydrogen-bond acceptors (Lipinski definition) is 4. The van der Waals surface area contributed by atoms with E-state index < -0.39 is 0 Å². The zero-order chi connectivity index (χ0) is 17.2. The highest BCUT2D eigenvalue weighted by atomic mass is 16.5. The lowest BCUT2D eigenvalue weighted by atomic mass is 9.85. The summed E-state index contributed by atoms with van der Waals surface area (Å²) in [6.07, 6.45) is 3.71. The van der Waals surface area contributed by atoms with Crippen LogP contribution in [0, 0.1) is 0 Å². The Balaban J connectivity index is 1.62. The molecule has 0 unspecified atom stereocenters. The molecule has 5 nitrogen and oxygen atoms in total. The normalized spacial score (nSPS) is 14.5. The minimum Gasteiger partial charge on any atom is -0.490 e. The minimum absolute atomic E-state index is 0.379. The predicted molar refractivity (Wildman–Crippen MR) is 97.0 cm³/mol. The van der Waals surface area contributed by atoms with Gasteiger partial charge in [-0.2, -0.15) is 0 Å². The Morgan fingerprint density at radius 3 is 2.68 bits per heavy atom. The number of rotatable bonds is 6. The zero-order valence-electron chi connectivity index (χ0n) is 14.7. The largest absolute Gasteiger partial charge is 0.490 e. The molecule has 0 spiro atoms. The van der Waals surface area contributed by atoms with Gasteiger partial charge in [-0.05, 0) is 31.2 Å². The van der Waals surface area contributed by atoms with Crippen molar-refractivity contribution in [2.45, 2.75) is 38.7 Å². The van der Waals surface area contributed by atoms with E-state index in [9.17, 15) is 0 Å². The molecular weight excluding hydrogens is 314 g/mol. The molecule has 2 aromatic carbocycles. The van der Waals surface area contributed by atoms with E-state index in [2.05, 4.69) is 33.0 Å². The summed E-state index contributed by atoms with van der Waals surface area (Å²) >= 11 is 0. The van der Waals surface area contributed by atoms with Crippen LogP contribution in [0.1, 0.15) is 43.8 Å². The van der Waals surface area contributed by atoms with Gasteiger partial charge in [0.1, 0.15) is 12.4 Å². The van der Waals surface area contributed by atoms with Crippen molar-refractivity contribution >= 4 is 10.8 Å². The Hall–Kier alpha value is -2.56. The summed E-state index contributed by atoms with van der Waals surface area (Å²) in [7, 11) is 2.03. The highest BCUT2D eigenvalue weighted by Gasteiger charge is 2.25. The lowest BCUT2D eigenvalue weighted by Crippen LogP contribution is -2.15. The van der Waals surface area contributed by atoms with E-state index in [1.165, 1.54) is 19.3 Å². The first-order valence-corrected chi connectivity index (χ1v) is 8.93. The van der Waals surface area contributed by atoms with E-state index in [0.29, 0.717) is 19.1 Å². The molecule has 4 rings (SSSR count). The third-order valence-electron chi connectivity index (χ3n) is 4.96. The molecule has 1 saturated carbocycles. The monoisotopic (exact) mass is 337 g/mol. The fraction of sp³-hybridized carbons (Fsp3) is 0.400. The van der Waals surface area contributed by atoms with E-state index in [4.69, 9.17) is 9.47 Å². The molecule has 0 radical (unpaired) electrons. The maximum absolute atomic E-state index is 6.17. The minimum atomic E-state index is 0.379. The first kappa shape index (κ1) is 15.9. The number of ether oxygens (including phenoxy) is 2. The molecule has 25 heavy (non-hydrogen) atoms. The number of hydrogen-bond donors (Lipinski definition) is 0. The van der Waals surface area contributed by atoms with Crippen molar-refractivity contribution < 1.29 is 9.47 Å². The fourth-order valence-electron chi connectivity index (χ4n) is 3.30. The molecule has 0 amide bonds. The van der Waals surface area contributed by atoms with Crippen LogP contribution in [-0.4, -0.2) is 21.4 Å². The van der Waals surface area contributed by atoms with Gasteiger partial charge in [0.2, 0.25) is 0 Å². The topological polar surface area (TPSA) is 49.2 Å². The number of aromatic nitrogens is 3. The van der Waals surface area contributed by atoms with Gasteiger partial charge < -0.3 is 14.0 Å². The first-order valence-electron chi connectivity index (χ1n) is 8.93. The molecule has 1 fully saturated rings. The summed E-state index contributed by atoms with van der Waals surface area (Å²) in [5.41, 5.74) is 0. The average molecular weight is 337 g/mol. The van der Waals surface area contributed by atoms with E-state index in [1.807, 2.05) is 32.2 Å². The smallest absolute Gasteiger partial charge is 0.170 e. The van der Waals surface area contributed by atoms with Gasteiger partial charge in [-0.1, -0.05) is 36.8 Å². The molecular formula is C20H23N3O2. The SMILES string of the molecule is CCOc1ccc2ccccc2c1OCc1nnc(C2CCC2)n1C. The fourth-order valence-corrected chi connectivity index (χ4v) is 3.30. The molecule has 0 atom stereocenters. The van der Waals surface area contributed by atoms with Crippen molar-refractivity contribution in [3.8, 4) is 11.5 Å². The number of fused-ring (bicyclic) bond motifs is 1. The van der Waals surface area contributed by atoms with Crippen LogP contribution in [0.3, 0.4) is 0 Å². The Morgan fingerprint density at radius 2 is 1.92 bits per heavy atom. The van der Waals surface area contributed by atoms with E-state index in [1.54, 1.807) is 0 Å². The van der Waals surface area contributed by atoms with Crippen molar-refractivity contribution in [1.82, 2.24) is 14.8 Å². The van der Waals surface area contributed by atoms with Crippen LogP contribution in [0.4, 0.5) is 0 Å². The van der Waals surface area contributed by atoms with Crippen molar-refractivity contribution in [2.75, 3.05) is 6.61 Å². The second-order valence-electron chi connectivity index (χ2n) is 6.50. The van der Waals surface area contributed by atoms with E-state index >= 15 is 0 Å². The molecule has 1 heterocycles. The van der Waals surface area contributed by atoms with Crippen LogP contribution in [-0.2, 0) is 13.7 Å². The van der Waals surface area contributed by atoms with Crippen LogP contribution >= 0.6 is 0 Å². The van der Waals surface area contributed by atoms with Crippen molar-refractivity contribution in [2.24, 2.45) is 7.05 Å². The summed E-state index contributed by atoms with van der Waals surface area (Å²) in [4.78, 5) is 0. The molecule has 0 N–H and O–H groups in total. The molecule has 0 bridgehead atoms. The van der Waals surface area contributed by atoms with Gasteiger partial charge in [-0.25, -0.2) is 0 Å². The standard InChI is InChI=1S/C20H23N3O2/c1-3-24-17-12-11-14-7-4-5-10-16(14)19(17)25-13-18-21-22-20(23(18)2)15-8-6-9-15/h4-5,7,10-12,15H,3,6,8-9,13H2,1-2H3. The zero-order valence-corrected chi connectivity index (χ0v) is 14.7. The molecule has 1 aromatic heterocycles. The van der Waals surface area contributed by atoms with Crippen LogP contribution < -0.4 is 9.47 Å². The predicted octanol–water partition coefficient (Wildman–Crippen LogP) is 4.21. The molecule has 3 aromatic rings. The Kier molecular flexibility index (Phi) is 4.30. The van der Waals surface area contributed by atoms with Crippen LogP contribution in [0.2, 0.25) is 0 Å². The second kappa shape index (κ2) is 6.75. The van der Waals surface area contributed by atoms with Crippen molar-refractivity contribution in [3.05, 3.63) is 48.0 Å². The average Bonchev–Trinajstić information content (AvgIpc) is 2.93. The molecule has 0 aliphatic heterocycles. The van der Waals surface area contributed by atoms with Gasteiger partial charge in [0.25, 0.3) is 0 Å². The third kappa shape index (κ3) is 2.95. The Bertz CT molecular complexity index is 884. The Labute approximate surface area is 147 Å². The number of nitrogens with zero attached hydrogens (tertiary/aromatic N) is 3. The number of benzene rings is 2. The van der Waals surface area contributed by atoms with Gasteiger partial charge in [0.05, 0.1) is 6.61 Å². The summed E-state index contributed by atoms with van der Waals surface area (Å²) in [5.74, 6) is 4.02. The molecule has 0 saturated heterocycles. The Morgan fingerprint density at radius 1 is 1.08 bits per heavy atom. The maximum Gasteiger partial charge on any atom is 0.170 e. The summed E-state index contributed by atoms with van der Waals surface area (Å²) in [5, 5.41) is 10.9. The van der Waals surface area contributed by atoms with Gasteiger partial charge in [0, 0.05) is 18.4 Å². The molecule has 5 heteroatoms. The van der Waals surface area contributed by atoms with Crippen molar-refractivity contribution in [3.63, 3.8) is 0 Å². The van der Waals surface area contributed by atoms with Gasteiger partial charge in [-0.3, -0.25) is 0 Å². The van der Waals surface area contributed by atoms with Crippen LogP contribution in [0.15, 0.2) is 36.4 Å². The molecule has 1 aliphatic carbocycles. The van der Waals surface area contributed by atoms with E-state index in [0.717, 1.165) is 33.9 Å². The third-order valence-corrected chi connectivity index (χ3v) is 4.96. The lowest BCUT2D eigenvalue weighted by Gasteiger charge is -2.24.